The van der Waals surface area contributed by atoms with Crippen LogP contribution in [-0.4, -0.2) is 63.5 Å². The molecule has 0 saturated carbocycles. The Hall–Kier alpha value is -3.16. The summed E-state index contributed by atoms with van der Waals surface area (Å²) in [5.74, 6) is -0.778. The molecule has 1 aromatic heterocycles. The van der Waals surface area contributed by atoms with Crippen molar-refractivity contribution in [3.63, 3.8) is 0 Å². The minimum Gasteiger partial charge on any atom is -0.344 e. The fraction of sp³-hybridized carbons (Fsp3) is 0.455. The van der Waals surface area contributed by atoms with E-state index in [4.69, 9.17) is 0 Å². The molecule has 8 nitrogen and oxygen atoms in total. The van der Waals surface area contributed by atoms with Gasteiger partial charge in [0.1, 0.15) is 11.7 Å². The number of fused-ring (bicyclic) bond motifs is 1. The van der Waals surface area contributed by atoms with Crippen LogP contribution >= 0.6 is 0 Å². The lowest BCUT2D eigenvalue weighted by atomic mass is 10.1. The Bertz CT molecular complexity index is 935. The van der Waals surface area contributed by atoms with Gasteiger partial charge in [-0.3, -0.25) is 19.1 Å². The lowest BCUT2D eigenvalue weighted by Crippen LogP contribution is -2.45. The van der Waals surface area contributed by atoms with E-state index in [0.29, 0.717) is 31.9 Å². The van der Waals surface area contributed by atoms with Crippen molar-refractivity contribution in [2.24, 2.45) is 0 Å². The maximum Gasteiger partial charge on any atom is 0.272 e. The Balaban J connectivity index is 1.73. The van der Waals surface area contributed by atoms with E-state index in [1.165, 1.54) is 11.6 Å². The highest BCUT2D eigenvalue weighted by atomic mass is 16.2. The van der Waals surface area contributed by atoms with Gasteiger partial charge in [-0.25, -0.2) is 0 Å². The molecule has 0 fully saturated rings. The predicted octanol–water partition coefficient (Wildman–Crippen LogP) is 1.83. The third kappa shape index (κ3) is 4.69. The Morgan fingerprint density at radius 2 is 1.93 bits per heavy atom. The van der Waals surface area contributed by atoms with Gasteiger partial charge in [-0.1, -0.05) is 29.8 Å². The average Bonchev–Trinajstić information content (AvgIpc) is 3.11. The van der Waals surface area contributed by atoms with Crippen LogP contribution in [-0.2, 0) is 17.9 Å². The fourth-order valence-electron chi connectivity index (χ4n) is 3.43. The quantitative estimate of drug-likeness (QED) is 0.786. The molecule has 3 rings (SSSR count). The van der Waals surface area contributed by atoms with E-state index < -0.39 is 11.9 Å². The van der Waals surface area contributed by atoms with Crippen LogP contribution in [0.4, 0.5) is 0 Å². The summed E-state index contributed by atoms with van der Waals surface area (Å²) in [5.41, 5.74) is 2.78. The SMILES string of the molecule is CCN(C)C(=O)[C@@H](C)NC(=O)c1cc2n(n1)CCCN(Cc1ccc(C)cc1)C2=O. The Morgan fingerprint density at radius 3 is 2.60 bits per heavy atom. The number of nitrogens with zero attached hydrogens (tertiary/aromatic N) is 4. The van der Waals surface area contributed by atoms with Crippen LogP contribution in [0.1, 0.15) is 52.4 Å². The number of likely N-dealkylation sites (N-methyl/N-ethyl adjacent to an activating group) is 1. The van der Waals surface area contributed by atoms with Crippen molar-refractivity contribution >= 4 is 17.7 Å². The molecule has 1 aliphatic heterocycles. The second-order valence-electron chi connectivity index (χ2n) is 7.75. The van der Waals surface area contributed by atoms with E-state index in [1.54, 1.807) is 28.5 Å². The lowest BCUT2D eigenvalue weighted by molar-refractivity contribution is -0.131. The highest BCUT2D eigenvalue weighted by Crippen LogP contribution is 2.17. The van der Waals surface area contributed by atoms with Gasteiger partial charge in [0.25, 0.3) is 11.8 Å². The van der Waals surface area contributed by atoms with E-state index in [-0.39, 0.29) is 17.5 Å². The van der Waals surface area contributed by atoms with E-state index >= 15 is 0 Å². The molecule has 1 aliphatic rings. The largest absolute Gasteiger partial charge is 0.344 e. The molecule has 2 heterocycles. The monoisotopic (exact) mass is 411 g/mol. The average molecular weight is 412 g/mol. The number of rotatable bonds is 6. The highest BCUT2D eigenvalue weighted by Gasteiger charge is 2.27. The topological polar surface area (TPSA) is 87.5 Å². The number of benzene rings is 1. The molecular weight excluding hydrogens is 382 g/mol. The normalized spacial score (nSPS) is 14.7. The zero-order valence-electron chi connectivity index (χ0n) is 18.0. The van der Waals surface area contributed by atoms with Gasteiger partial charge in [0.15, 0.2) is 5.69 Å². The molecule has 0 saturated heterocycles. The van der Waals surface area contributed by atoms with Crippen LogP contribution in [0.5, 0.6) is 0 Å². The first kappa shape index (κ1) is 21.5. The van der Waals surface area contributed by atoms with Gasteiger partial charge in [-0.05, 0) is 32.8 Å². The van der Waals surface area contributed by atoms with Crippen LogP contribution in [0, 0.1) is 6.92 Å². The number of aromatic nitrogens is 2. The van der Waals surface area contributed by atoms with Gasteiger partial charge in [-0.15, -0.1) is 0 Å². The molecule has 0 unspecified atom stereocenters. The second-order valence-corrected chi connectivity index (χ2v) is 7.75. The number of carbonyl (C=O) groups excluding carboxylic acids is 3. The maximum atomic E-state index is 13.1. The summed E-state index contributed by atoms with van der Waals surface area (Å²) < 4.78 is 1.59. The third-order valence-corrected chi connectivity index (χ3v) is 5.38. The summed E-state index contributed by atoms with van der Waals surface area (Å²) in [4.78, 5) is 41.2. The molecule has 160 valence electrons. The summed E-state index contributed by atoms with van der Waals surface area (Å²) in [7, 11) is 1.69. The summed E-state index contributed by atoms with van der Waals surface area (Å²) in [5, 5.41) is 7.00. The van der Waals surface area contributed by atoms with Crippen molar-refractivity contribution in [1.82, 2.24) is 24.9 Å². The molecule has 0 spiro atoms. The van der Waals surface area contributed by atoms with Gasteiger partial charge >= 0.3 is 0 Å². The van der Waals surface area contributed by atoms with E-state index in [9.17, 15) is 14.4 Å². The number of hydrogen-bond acceptors (Lipinski definition) is 4. The summed E-state index contributed by atoms with van der Waals surface area (Å²) in [6.45, 7) is 7.80. The zero-order valence-corrected chi connectivity index (χ0v) is 18.0. The standard InChI is InChI=1S/C22H29N5O3/c1-5-25(4)21(29)16(3)23-20(28)18-13-19-22(30)26(11-6-12-27(19)24-18)14-17-9-7-15(2)8-10-17/h7-10,13,16H,5-6,11-12,14H2,1-4H3,(H,23,28)/t16-/m1/s1. The van der Waals surface area contributed by atoms with E-state index in [1.807, 2.05) is 38.1 Å². The number of aryl methyl sites for hydroxylation is 2. The number of carbonyl (C=O) groups is 3. The van der Waals surface area contributed by atoms with Gasteiger partial charge < -0.3 is 15.1 Å². The molecule has 3 amide bonds. The molecule has 1 aromatic carbocycles. The number of amides is 3. The molecule has 1 N–H and O–H groups in total. The molecule has 30 heavy (non-hydrogen) atoms. The fourth-order valence-corrected chi connectivity index (χ4v) is 3.43. The number of hydrogen-bond donors (Lipinski definition) is 1. The van der Waals surface area contributed by atoms with Crippen molar-refractivity contribution < 1.29 is 14.4 Å². The minimum atomic E-state index is -0.669. The summed E-state index contributed by atoms with van der Waals surface area (Å²) >= 11 is 0. The lowest BCUT2D eigenvalue weighted by Gasteiger charge is -2.20. The van der Waals surface area contributed by atoms with Crippen molar-refractivity contribution in [3.8, 4) is 0 Å². The zero-order chi connectivity index (χ0) is 21.8. The van der Waals surface area contributed by atoms with Gasteiger partial charge in [0.05, 0.1) is 0 Å². The summed E-state index contributed by atoms with van der Waals surface area (Å²) in [6, 6.07) is 8.96. The molecule has 2 aromatic rings. The molecular formula is C22H29N5O3. The first-order valence-corrected chi connectivity index (χ1v) is 10.3. The first-order chi connectivity index (χ1) is 14.3. The highest BCUT2D eigenvalue weighted by molar-refractivity contribution is 5.99. The molecule has 8 heteroatoms. The van der Waals surface area contributed by atoms with Crippen molar-refractivity contribution in [3.05, 3.63) is 52.8 Å². The number of nitrogens with one attached hydrogen (secondary N) is 1. The molecule has 0 radical (unpaired) electrons. The summed E-state index contributed by atoms with van der Waals surface area (Å²) in [6.07, 6.45) is 0.753. The molecule has 1 atom stereocenters. The molecule has 0 bridgehead atoms. The minimum absolute atomic E-state index is 0.144. The van der Waals surface area contributed by atoms with Crippen molar-refractivity contribution in [2.45, 2.75) is 46.3 Å². The van der Waals surface area contributed by atoms with E-state index in [2.05, 4.69) is 10.4 Å². The van der Waals surface area contributed by atoms with Crippen LogP contribution < -0.4 is 5.32 Å². The third-order valence-electron chi connectivity index (χ3n) is 5.38. The van der Waals surface area contributed by atoms with Gasteiger partial charge in [0, 0.05) is 39.3 Å². The van der Waals surface area contributed by atoms with Crippen molar-refractivity contribution in [1.29, 1.82) is 0 Å². The predicted molar refractivity (Wildman–Crippen MR) is 113 cm³/mol. The van der Waals surface area contributed by atoms with Crippen LogP contribution in [0.3, 0.4) is 0 Å². The van der Waals surface area contributed by atoms with Crippen LogP contribution in [0.2, 0.25) is 0 Å². The Morgan fingerprint density at radius 1 is 1.23 bits per heavy atom. The van der Waals surface area contributed by atoms with Crippen molar-refractivity contribution in [2.75, 3.05) is 20.1 Å². The Kier molecular flexibility index (Phi) is 6.54. The smallest absolute Gasteiger partial charge is 0.272 e. The van der Waals surface area contributed by atoms with Gasteiger partial charge in [-0.2, -0.15) is 5.10 Å². The first-order valence-electron chi connectivity index (χ1n) is 10.3. The van der Waals surface area contributed by atoms with E-state index in [0.717, 1.165) is 12.0 Å². The van der Waals surface area contributed by atoms with Crippen LogP contribution in [0.15, 0.2) is 30.3 Å². The second kappa shape index (κ2) is 9.11. The Labute approximate surface area is 176 Å². The van der Waals surface area contributed by atoms with Crippen LogP contribution in [0.25, 0.3) is 0 Å². The molecule has 0 aliphatic carbocycles. The van der Waals surface area contributed by atoms with Gasteiger partial charge in [0.2, 0.25) is 5.91 Å². The maximum absolute atomic E-state index is 13.1.